The van der Waals surface area contributed by atoms with Crippen LogP contribution in [0.5, 0.6) is 0 Å². The van der Waals surface area contributed by atoms with E-state index in [1.165, 1.54) is 65.8 Å². The lowest BCUT2D eigenvalue weighted by atomic mass is 9.81. The number of aryl methyl sites for hydroxylation is 1. The third-order valence-electron chi connectivity index (χ3n) is 9.83. The molecule has 7 rings (SSSR count). The number of aromatic nitrogens is 2. The van der Waals surface area contributed by atoms with Crippen molar-refractivity contribution in [2.45, 2.75) is 45.3 Å². The van der Waals surface area contributed by atoms with Gasteiger partial charge in [-0.25, -0.2) is 0 Å². The van der Waals surface area contributed by atoms with Gasteiger partial charge in [-0.3, -0.25) is 9.97 Å². The molecule has 2 aromatic heterocycles. The van der Waals surface area contributed by atoms with Crippen LogP contribution in [0.25, 0.3) is 65.6 Å². The number of nitrogens with zero attached hydrogens (tertiary/aromatic N) is 2. The number of fused-ring (bicyclic) bond motifs is 4. The van der Waals surface area contributed by atoms with Crippen LogP contribution in [0.15, 0.2) is 103 Å². The van der Waals surface area contributed by atoms with E-state index in [0.29, 0.717) is 0 Å². The zero-order valence-electron chi connectivity index (χ0n) is 26.4. The predicted molar refractivity (Wildman–Crippen MR) is 193 cm³/mol. The Bertz CT molecular complexity index is 2250. The monoisotopic (exact) mass is 588 g/mol. The molecule has 7 aromatic rings. The van der Waals surface area contributed by atoms with Crippen molar-refractivity contribution >= 4 is 65.0 Å². The van der Waals surface area contributed by atoms with E-state index < -0.39 is 8.32 Å². The molecule has 0 spiro atoms. The average Bonchev–Trinajstić information content (AvgIpc) is 3.00. The summed E-state index contributed by atoms with van der Waals surface area (Å²) >= 11 is 0. The van der Waals surface area contributed by atoms with Crippen molar-refractivity contribution < 1.29 is 4.80 Å². The topological polar surface area (TPSA) is 46.0 Å². The molecule has 5 heteroatoms. The fourth-order valence-corrected chi connectivity index (χ4v) is 7.31. The van der Waals surface area contributed by atoms with E-state index in [0.717, 1.165) is 22.8 Å². The van der Waals surface area contributed by atoms with Crippen molar-refractivity contribution in [3.05, 3.63) is 115 Å². The lowest BCUT2D eigenvalue weighted by molar-refractivity contribution is 0.468. The van der Waals surface area contributed by atoms with E-state index in [1.807, 2.05) is 37.6 Å². The van der Waals surface area contributed by atoms with Crippen LogP contribution in [0.4, 0.5) is 0 Å². The van der Waals surface area contributed by atoms with Crippen LogP contribution in [0.2, 0.25) is 18.1 Å². The van der Waals surface area contributed by atoms with Crippen LogP contribution in [-0.4, -0.2) is 30.9 Å². The molecule has 3 nitrogen and oxygen atoms in total. The Balaban J connectivity index is 1.58. The van der Waals surface area contributed by atoms with Crippen molar-refractivity contribution in [3.8, 4) is 22.3 Å². The summed E-state index contributed by atoms with van der Waals surface area (Å²) in [6, 6.07) is 33.2. The lowest BCUT2D eigenvalue weighted by Gasteiger charge is -2.35. The largest absolute Gasteiger partial charge is 0.432 e. The summed E-state index contributed by atoms with van der Waals surface area (Å²) < 4.78 is 0. The molecule has 0 aliphatic heterocycles. The van der Waals surface area contributed by atoms with E-state index in [-0.39, 0.29) is 5.04 Å². The normalized spacial score (nSPS) is 12.5. The summed E-state index contributed by atoms with van der Waals surface area (Å²) in [6.07, 6.45) is 4.56. The van der Waals surface area contributed by atoms with E-state index in [2.05, 4.69) is 107 Å². The van der Waals surface area contributed by atoms with E-state index >= 15 is 0 Å². The Hall–Kier alpha value is -4.32. The first-order valence-corrected chi connectivity index (χ1v) is 18.4. The first-order chi connectivity index (χ1) is 21.0. The summed E-state index contributed by atoms with van der Waals surface area (Å²) in [4.78, 5) is 20.8. The number of hydrogen-bond acceptors (Lipinski definition) is 3. The summed E-state index contributed by atoms with van der Waals surface area (Å²) in [5.74, 6) is 0. The highest BCUT2D eigenvalue weighted by Gasteiger charge is 2.38. The van der Waals surface area contributed by atoms with Gasteiger partial charge in [-0.15, -0.1) is 0 Å². The van der Waals surface area contributed by atoms with Crippen molar-refractivity contribution in [1.29, 1.82) is 0 Å². The van der Waals surface area contributed by atoms with Crippen LogP contribution < -0.4 is 5.46 Å². The number of benzene rings is 5. The SMILES string of the molecule is Bc1ccc2c(-c3ccc(CC(C)(C)[Si](C)(C)O)c4ncccc34)c3ccccc3c(-c3ccc(C)c4ncccc34)c2c1. The summed E-state index contributed by atoms with van der Waals surface area (Å²) in [5, 5.41) is 7.03. The maximum atomic E-state index is 11.1. The summed E-state index contributed by atoms with van der Waals surface area (Å²) in [5.41, 5.74) is 10.5. The molecule has 216 valence electrons. The minimum absolute atomic E-state index is 0.191. The van der Waals surface area contributed by atoms with Gasteiger partial charge < -0.3 is 4.80 Å². The van der Waals surface area contributed by atoms with Gasteiger partial charge in [0.2, 0.25) is 0 Å². The Morgan fingerprint density at radius 2 is 1.20 bits per heavy atom. The molecule has 0 bridgehead atoms. The highest BCUT2D eigenvalue weighted by Crippen LogP contribution is 2.47. The van der Waals surface area contributed by atoms with Gasteiger partial charge >= 0.3 is 0 Å². The first-order valence-electron chi connectivity index (χ1n) is 15.4. The van der Waals surface area contributed by atoms with Gasteiger partial charge in [0.1, 0.15) is 7.85 Å². The van der Waals surface area contributed by atoms with Gasteiger partial charge in [0.25, 0.3) is 0 Å². The van der Waals surface area contributed by atoms with Crippen LogP contribution in [-0.2, 0) is 6.42 Å². The fourth-order valence-electron chi connectivity index (χ4n) is 6.69. The molecule has 5 aromatic carbocycles. The Kier molecular flexibility index (Phi) is 6.72. The highest BCUT2D eigenvalue weighted by molar-refractivity contribution is 6.72. The van der Waals surface area contributed by atoms with Crippen LogP contribution in [0, 0.1) is 6.92 Å². The molecule has 0 aliphatic rings. The van der Waals surface area contributed by atoms with E-state index in [9.17, 15) is 4.80 Å². The summed E-state index contributed by atoms with van der Waals surface area (Å²) in [6.45, 7) is 10.6. The highest BCUT2D eigenvalue weighted by atomic mass is 28.4. The minimum Gasteiger partial charge on any atom is -0.432 e. The number of hydrogen-bond donors (Lipinski definition) is 1. The quantitative estimate of drug-likeness (QED) is 0.162. The van der Waals surface area contributed by atoms with Gasteiger partial charge in [-0.05, 0) is 98.5 Å². The molecule has 0 aliphatic carbocycles. The van der Waals surface area contributed by atoms with Gasteiger partial charge in [0, 0.05) is 23.2 Å². The van der Waals surface area contributed by atoms with Gasteiger partial charge in [0.15, 0.2) is 8.32 Å². The van der Waals surface area contributed by atoms with Crippen molar-refractivity contribution in [1.82, 2.24) is 9.97 Å². The third-order valence-corrected chi connectivity index (χ3v) is 13.3. The van der Waals surface area contributed by atoms with Crippen LogP contribution >= 0.6 is 0 Å². The number of pyridine rings is 2. The molecule has 0 radical (unpaired) electrons. The zero-order valence-corrected chi connectivity index (χ0v) is 27.4. The van der Waals surface area contributed by atoms with E-state index in [4.69, 9.17) is 9.97 Å². The molecular formula is C39H37BN2OSi. The van der Waals surface area contributed by atoms with Crippen molar-refractivity contribution in [2.75, 3.05) is 0 Å². The van der Waals surface area contributed by atoms with Crippen LogP contribution in [0.3, 0.4) is 0 Å². The Labute approximate surface area is 261 Å². The maximum Gasteiger partial charge on any atom is 0.188 e. The van der Waals surface area contributed by atoms with Gasteiger partial charge in [-0.2, -0.15) is 0 Å². The lowest BCUT2D eigenvalue weighted by Crippen LogP contribution is -2.40. The van der Waals surface area contributed by atoms with Crippen molar-refractivity contribution in [3.63, 3.8) is 0 Å². The van der Waals surface area contributed by atoms with Crippen molar-refractivity contribution in [2.24, 2.45) is 0 Å². The predicted octanol–water partition coefficient (Wildman–Crippen LogP) is 8.51. The molecule has 1 N–H and O–H groups in total. The third kappa shape index (κ3) is 4.54. The molecule has 0 fully saturated rings. The molecule has 0 unspecified atom stereocenters. The van der Waals surface area contributed by atoms with Gasteiger partial charge in [-0.1, -0.05) is 98.2 Å². The fraction of sp³-hybridized carbons (Fsp3) is 0.179. The molecule has 44 heavy (non-hydrogen) atoms. The molecule has 0 saturated carbocycles. The standard InChI is InChI=1S/C39H37BN2OSi/c1-24-14-17-29(32-12-8-20-41-37(24)32)36-28-11-7-6-10-27(28)35(31-19-16-26(40)22-34(31)36)30-18-15-25(23-39(2,3)44(4,5)43)38-33(30)13-9-21-42-38/h6-22,43H,23,40H2,1-5H3. The smallest absolute Gasteiger partial charge is 0.188 e. The molecular weight excluding hydrogens is 551 g/mol. The Morgan fingerprint density at radius 1 is 0.659 bits per heavy atom. The van der Waals surface area contributed by atoms with Crippen LogP contribution in [0.1, 0.15) is 25.0 Å². The molecule has 0 saturated heterocycles. The maximum absolute atomic E-state index is 11.1. The second-order valence-corrected chi connectivity index (χ2v) is 17.9. The second-order valence-electron chi connectivity index (χ2n) is 13.5. The molecule has 2 heterocycles. The minimum atomic E-state index is -2.40. The molecule has 0 atom stereocenters. The second kappa shape index (κ2) is 10.4. The van der Waals surface area contributed by atoms with E-state index in [1.54, 1.807) is 0 Å². The zero-order chi connectivity index (χ0) is 30.8. The number of rotatable bonds is 5. The van der Waals surface area contributed by atoms with Gasteiger partial charge in [0.05, 0.1) is 11.0 Å². The first kappa shape index (κ1) is 28.5. The Morgan fingerprint density at radius 3 is 1.86 bits per heavy atom. The molecule has 0 amide bonds. The average molecular weight is 589 g/mol. The summed E-state index contributed by atoms with van der Waals surface area (Å²) in [7, 11) is -0.229.